The molecule has 0 aliphatic heterocycles. The Kier molecular flexibility index (Phi) is 5.64. The number of hydrogen-bond acceptors (Lipinski definition) is 4. The number of para-hydroxylation sites is 1. The van der Waals surface area contributed by atoms with E-state index in [4.69, 9.17) is 11.6 Å². The molecule has 134 valence electrons. The molecule has 3 aromatic rings. The first kappa shape index (κ1) is 18.5. The molecule has 1 atom stereocenters. The maximum atomic E-state index is 12.4. The second kappa shape index (κ2) is 7.93. The van der Waals surface area contributed by atoms with Gasteiger partial charge >= 0.3 is 0 Å². The lowest BCUT2D eigenvalue weighted by Crippen LogP contribution is -2.28. The van der Waals surface area contributed by atoms with Crippen LogP contribution in [0.3, 0.4) is 0 Å². The Morgan fingerprint density at radius 1 is 1.23 bits per heavy atom. The zero-order valence-electron chi connectivity index (χ0n) is 14.4. The van der Waals surface area contributed by atoms with Gasteiger partial charge in [0.15, 0.2) is 5.16 Å². The molecule has 26 heavy (non-hydrogen) atoms. The van der Waals surface area contributed by atoms with Gasteiger partial charge in [0, 0.05) is 12.1 Å². The number of hydrogen-bond donors (Lipinski definition) is 1. The van der Waals surface area contributed by atoms with Crippen LogP contribution in [-0.4, -0.2) is 21.2 Å². The summed E-state index contributed by atoms with van der Waals surface area (Å²) in [6, 6.07) is 14.4. The van der Waals surface area contributed by atoms with E-state index in [2.05, 4.69) is 10.3 Å². The van der Waals surface area contributed by atoms with E-state index in [-0.39, 0.29) is 23.3 Å². The minimum atomic E-state index is -0.131. The molecule has 0 radical (unpaired) electrons. The van der Waals surface area contributed by atoms with Crippen molar-refractivity contribution in [3.05, 3.63) is 69.5 Å². The summed E-state index contributed by atoms with van der Waals surface area (Å²) < 4.78 is 1.48. The van der Waals surface area contributed by atoms with Gasteiger partial charge in [-0.3, -0.25) is 14.2 Å². The van der Waals surface area contributed by atoms with Crippen molar-refractivity contribution in [2.24, 2.45) is 7.05 Å². The lowest BCUT2D eigenvalue weighted by molar-refractivity contribution is -0.119. The number of benzene rings is 2. The van der Waals surface area contributed by atoms with Crippen LogP contribution in [0, 0.1) is 0 Å². The number of halogens is 1. The maximum Gasteiger partial charge on any atom is 0.261 e. The van der Waals surface area contributed by atoms with Gasteiger partial charge in [0.1, 0.15) is 0 Å². The monoisotopic (exact) mass is 387 g/mol. The van der Waals surface area contributed by atoms with E-state index in [9.17, 15) is 9.59 Å². The van der Waals surface area contributed by atoms with Crippen LogP contribution in [0.4, 0.5) is 0 Å². The van der Waals surface area contributed by atoms with E-state index < -0.39 is 0 Å². The second-order valence-electron chi connectivity index (χ2n) is 5.91. The molecule has 3 rings (SSSR count). The number of aromatic nitrogens is 2. The van der Waals surface area contributed by atoms with E-state index in [1.807, 2.05) is 31.2 Å². The van der Waals surface area contributed by atoms with Crippen molar-refractivity contribution >= 4 is 40.2 Å². The van der Waals surface area contributed by atoms with E-state index >= 15 is 0 Å². The molecule has 1 amide bonds. The molecular weight excluding hydrogens is 370 g/mol. The highest BCUT2D eigenvalue weighted by Gasteiger charge is 2.13. The van der Waals surface area contributed by atoms with Gasteiger partial charge in [-0.15, -0.1) is 0 Å². The zero-order chi connectivity index (χ0) is 18.7. The van der Waals surface area contributed by atoms with Crippen molar-refractivity contribution < 1.29 is 4.79 Å². The minimum absolute atomic E-state index is 0.118. The van der Waals surface area contributed by atoms with Gasteiger partial charge in [-0.2, -0.15) is 0 Å². The Labute approximate surface area is 160 Å². The van der Waals surface area contributed by atoms with E-state index in [0.717, 1.165) is 5.56 Å². The molecule has 7 heteroatoms. The molecule has 0 aliphatic carbocycles. The zero-order valence-corrected chi connectivity index (χ0v) is 16.0. The lowest BCUT2D eigenvalue weighted by atomic mass is 10.1. The number of thioether (sulfide) groups is 1. The summed E-state index contributed by atoms with van der Waals surface area (Å²) in [5.41, 5.74) is 1.49. The van der Waals surface area contributed by atoms with Crippen LogP contribution in [0.1, 0.15) is 18.5 Å². The Morgan fingerprint density at radius 3 is 2.65 bits per heavy atom. The van der Waals surface area contributed by atoms with Crippen LogP contribution in [0.15, 0.2) is 58.5 Å². The predicted octanol–water partition coefficient (Wildman–Crippen LogP) is 3.56. The third-order valence-corrected chi connectivity index (χ3v) is 5.30. The Balaban J connectivity index is 1.68. The number of rotatable bonds is 5. The lowest BCUT2D eigenvalue weighted by Gasteiger charge is -2.14. The molecule has 5 nitrogen and oxygen atoms in total. The fourth-order valence-electron chi connectivity index (χ4n) is 2.57. The number of nitrogens with one attached hydrogen (secondary N) is 1. The van der Waals surface area contributed by atoms with Crippen LogP contribution >= 0.6 is 23.4 Å². The van der Waals surface area contributed by atoms with Crippen molar-refractivity contribution in [3.63, 3.8) is 0 Å². The van der Waals surface area contributed by atoms with Crippen molar-refractivity contribution in [2.45, 2.75) is 18.1 Å². The van der Waals surface area contributed by atoms with Crippen molar-refractivity contribution in [2.75, 3.05) is 5.75 Å². The summed E-state index contributed by atoms with van der Waals surface area (Å²) >= 11 is 7.13. The standard InChI is InChI=1S/C19H18ClN3O2S/c1-12(13-7-9-14(20)10-8-13)21-17(24)11-26-19-22-16-6-4-3-5-15(16)18(25)23(19)2/h3-10,12H,11H2,1-2H3,(H,21,24). The Morgan fingerprint density at radius 2 is 1.92 bits per heavy atom. The number of fused-ring (bicyclic) bond motifs is 1. The van der Waals surface area contributed by atoms with E-state index in [0.29, 0.717) is 21.1 Å². The smallest absolute Gasteiger partial charge is 0.261 e. The van der Waals surface area contributed by atoms with Crippen LogP contribution in [0.5, 0.6) is 0 Å². The summed E-state index contributed by atoms with van der Waals surface area (Å²) in [5.74, 6) is 0.0520. The molecule has 0 saturated heterocycles. The highest BCUT2D eigenvalue weighted by molar-refractivity contribution is 7.99. The molecule has 1 unspecified atom stereocenters. The molecule has 0 spiro atoms. The fraction of sp³-hybridized carbons (Fsp3) is 0.211. The number of nitrogens with zero attached hydrogens (tertiary/aromatic N) is 2. The first-order chi connectivity index (χ1) is 12.5. The Bertz CT molecular complexity index is 1000. The van der Waals surface area contributed by atoms with Gasteiger partial charge in [-0.05, 0) is 36.8 Å². The SMILES string of the molecule is CC(NC(=O)CSc1nc2ccccc2c(=O)n1C)c1ccc(Cl)cc1. The molecule has 0 fully saturated rings. The van der Waals surface area contributed by atoms with Crippen LogP contribution < -0.4 is 10.9 Å². The largest absolute Gasteiger partial charge is 0.349 e. The topological polar surface area (TPSA) is 64.0 Å². The number of carbonyl (C=O) groups excluding carboxylic acids is 1. The second-order valence-corrected chi connectivity index (χ2v) is 7.28. The summed E-state index contributed by atoms with van der Waals surface area (Å²) in [6.07, 6.45) is 0. The van der Waals surface area contributed by atoms with Gasteiger partial charge in [-0.1, -0.05) is 47.6 Å². The van der Waals surface area contributed by atoms with Crippen LogP contribution in [0.2, 0.25) is 5.02 Å². The van der Waals surface area contributed by atoms with Crippen molar-refractivity contribution in [1.29, 1.82) is 0 Å². The molecule has 2 aromatic carbocycles. The molecular formula is C19H18ClN3O2S. The molecule has 1 heterocycles. The van der Waals surface area contributed by atoms with E-state index in [1.54, 1.807) is 31.3 Å². The number of amides is 1. The highest BCUT2D eigenvalue weighted by atomic mass is 35.5. The predicted molar refractivity (Wildman–Crippen MR) is 106 cm³/mol. The quantitative estimate of drug-likeness (QED) is 0.537. The number of carbonyl (C=O) groups is 1. The molecule has 0 saturated carbocycles. The third kappa shape index (κ3) is 4.08. The molecule has 0 aliphatic rings. The van der Waals surface area contributed by atoms with Crippen molar-refractivity contribution in [1.82, 2.24) is 14.9 Å². The van der Waals surface area contributed by atoms with Gasteiger partial charge in [-0.25, -0.2) is 4.98 Å². The first-order valence-electron chi connectivity index (χ1n) is 8.09. The average Bonchev–Trinajstić information content (AvgIpc) is 2.64. The summed E-state index contributed by atoms with van der Waals surface area (Å²) in [4.78, 5) is 29.1. The van der Waals surface area contributed by atoms with Crippen molar-refractivity contribution in [3.8, 4) is 0 Å². The van der Waals surface area contributed by atoms with Crippen LogP contribution in [0.25, 0.3) is 10.9 Å². The van der Waals surface area contributed by atoms with Gasteiger partial charge in [0.05, 0.1) is 22.7 Å². The summed E-state index contributed by atoms with van der Waals surface area (Å²) in [6.45, 7) is 1.91. The average molecular weight is 388 g/mol. The van der Waals surface area contributed by atoms with Gasteiger partial charge < -0.3 is 5.32 Å². The molecule has 1 aromatic heterocycles. The first-order valence-corrected chi connectivity index (χ1v) is 9.45. The summed E-state index contributed by atoms with van der Waals surface area (Å²) in [7, 11) is 1.67. The van der Waals surface area contributed by atoms with E-state index in [1.165, 1.54) is 16.3 Å². The van der Waals surface area contributed by atoms with Gasteiger partial charge in [0.25, 0.3) is 5.56 Å². The molecule has 1 N–H and O–H groups in total. The van der Waals surface area contributed by atoms with Crippen LogP contribution in [-0.2, 0) is 11.8 Å². The highest BCUT2D eigenvalue weighted by Crippen LogP contribution is 2.19. The maximum absolute atomic E-state index is 12.4. The van der Waals surface area contributed by atoms with Gasteiger partial charge in [0.2, 0.25) is 5.91 Å². The third-order valence-electron chi connectivity index (χ3n) is 4.02. The summed E-state index contributed by atoms with van der Waals surface area (Å²) in [5, 5.41) is 4.68. The normalized spacial score (nSPS) is 12.1. The Hall–Kier alpha value is -2.31. The minimum Gasteiger partial charge on any atom is -0.349 e. The fourth-order valence-corrected chi connectivity index (χ4v) is 3.48. The molecule has 0 bridgehead atoms.